The first-order valence-electron chi connectivity index (χ1n) is 8.29. The Balaban J connectivity index is 1.96. The monoisotopic (exact) mass is 370 g/mol. The maximum Gasteiger partial charge on any atom is 0.341 e. The third kappa shape index (κ3) is 6.14. The molecule has 0 aliphatic rings. The van der Waals surface area contributed by atoms with Gasteiger partial charge in [-0.2, -0.15) is 5.10 Å². The van der Waals surface area contributed by atoms with Crippen LogP contribution in [0.2, 0.25) is 0 Å². The molecular weight excluding hydrogens is 348 g/mol. The molecule has 142 valence electrons. The lowest BCUT2D eigenvalue weighted by atomic mass is 10.0. The fourth-order valence-corrected chi connectivity index (χ4v) is 2.46. The zero-order chi connectivity index (χ0) is 19.8. The highest BCUT2D eigenvalue weighted by atomic mass is 16.5. The Bertz CT molecular complexity index is 861. The predicted octanol–water partition coefficient (Wildman–Crippen LogP) is 2.47. The van der Waals surface area contributed by atoms with Crippen molar-refractivity contribution in [1.29, 1.82) is 0 Å². The van der Waals surface area contributed by atoms with Crippen molar-refractivity contribution >= 4 is 18.1 Å². The van der Waals surface area contributed by atoms with Gasteiger partial charge in [0.05, 0.1) is 19.7 Å². The number of hydrogen-bond donors (Lipinski definition) is 2. The van der Waals surface area contributed by atoms with E-state index in [0.717, 1.165) is 16.7 Å². The van der Waals surface area contributed by atoms with Crippen molar-refractivity contribution in [2.45, 2.75) is 20.3 Å². The molecule has 2 aromatic carbocycles. The SMILES string of the molecule is COc1cc(/C=N/NC(=O)Cc2ccc(C)cc2C)ccc1OCC(=O)O. The molecule has 0 aliphatic carbocycles. The number of rotatable bonds is 8. The first kappa shape index (κ1) is 20.0. The average molecular weight is 370 g/mol. The van der Waals surface area contributed by atoms with Crippen LogP contribution in [-0.4, -0.2) is 36.9 Å². The van der Waals surface area contributed by atoms with Crippen molar-refractivity contribution < 1.29 is 24.2 Å². The summed E-state index contributed by atoms with van der Waals surface area (Å²) in [5, 5.41) is 12.6. The minimum absolute atomic E-state index is 0.216. The number of carbonyl (C=O) groups excluding carboxylic acids is 1. The second-order valence-corrected chi connectivity index (χ2v) is 5.99. The number of amides is 1. The van der Waals surface area contributed by atoms with Gasteiger partial charge in [-0.1, -0.05) is 23.8 Å². The van der Waals surface area contributed by atoms with Crippen molar-refractivity contribution in [2.24, 2.45) is 5.10 Å². The first-order valence-corrected chi connectivity index (χ1v) is 8.29. The molecule has 0 bridgehead atoms. The van der Waals surface area contributed by atoms with E-state index in [2.05, 4.69) is 10.5 Å². The first-order chi connectivity index (χ1) is 12.9. The van der Waals surface area contributed by atoms with Gasteiger partial charge in [0, 0.05) is 0 Å². The molecule has 2 aromatic rings. The number of aliphatic carboxylic acids is 1. The lowest BCUT2D eigenvalue weighted by Crippen LogP contribution is -2.20. The van der Waals surface area contributed by atoms with Crippen molar-refractivity contribution in [3.8, 4) is 11.5 Å². The molecule has 7 heteroatoms. The van der Waals surface area contributed by atoms with E-state index in [9.17, 15) is 9.59 Å². The number of aryl methyl sites for hydroxylation is 2. The van der Waals surface area contributed by atoms with Gasteiger partial charge < -0.3 is 14.6 Å². The van der Waals surface area contributed by atoms with Gasteiger partial charge in [-0.05, 0) is 48.7 Å². The quantitative estimate of drug-likeness (QED) is 0.550. The highest BCUT2D eigenvalue weighted by Gasteiger charge is 2.08. The van der Waals surface area contributed by atoms with Crippen LogP contribution in [-0.2, 0) is 16.0 Å². The molecule has 1 amide bonds. The third-order valence-corrected chi connectivity index (χ3v) is 3.79. The number of carboxylic acid groups (broad SMARTS) is 1. The standard InChI is InChI=1S/C20H22N2O5/c1-13-4-6-16(14(2)8-13)10-19(23)22-21-11-15-5-7-17(18(9-15)26-3)27-12-20(24)25/h4-9,11H,10,12H2,1-3H3,(H,22,23)(H,24,25)/b21-11+. The zero-order valence-corrected chi connectivity index (χ0v) is 15.5. The summed E-state index contributed by atoms with van der Waals surface area (Å²) in [7, 11) is 1.45. The fourth-order valence-electron chi connectivity index (χ4n) is 2.46. The highest BCUT2D eigenvalue weighted by Crippen LogP contribution is 2.27. The maximum atomic E-state index is 12.0. The molecule has 2 rings (SSSR count). The van der Waals surface area contributed by atoms with Crippen molar-refractivity contribution in [3.63, 3.8) is 0 Å². The molecule has 0 heterocycles. The van der Waals surface area contributed by atoms with Crippen molar-refractivity contribution in [3.05, 3.63) is 58.7 Å². The number of nitrogens with zero attached hydrogens (tertiary/aromatic N) is 1. The molecule has 0 saturated heterocycles. The van der Waals surface area contributed by atoms with Gasteiger partial charge in [0.15, 0.2) is 18.1 Å². The lowest BCUT2D eigenvalue weighted by molar-refractivity contribution is -0.139. The predicted molar refractivity (Wildman–Crippen MR) is 101 cm³/mol. The van der Waals surface area contributed by atoms with Crippen LogP contribution in [0.5, 0.6) is 11.5 Å². The summed E-state index contributed by atoms with van der Waals surface area (Å²) in [5.74, 6) is -0.599. The number of benzene rings is 2. The number of nitrogens with one attached hydrogen (secondary N) is 1. The Morgan fingerprint density at radius 3 is 2.59 bits per heavy atom. The zero-order valence-electron chi connectivity index (χ0n) is 15.5. The summed E-state index contributed by atoms with van der Waals surface area (Å²) in [4.78, 5) is 22.6. The molecule has 2 N–H and O–H groups in total. The smallest absolute Gasteiger partial charge is 0.341 e. The average Bonchev–Trinajstić information content (AvgIpc) is 2.62. The van der Waals surface area contributed by atoms with Crippen LogP contribution in [0.15, 0.2) is 41.5 Å². The van der Waals surface area contributed by atoms with Crippen molar-refractivity contribution in [1.82, 2.24) is 5.43 Å². The Kier molecular flexibility index (Phi) is 6.93. The Hall–Kier alpha value is -3.35. The van der Waals surface area contributed by atoms with E-state index >= 15 is 0 Å². The van der Waals surface area contributed by atoms with Gasteiger partial charge >= 0.3 is 5.97 Å². The molecule has 0 fully saturated rings. The van der Waals surface area contributed by atoms with Gasteiger partial charge in [0.1, 0.15) is 0 Å². The number of carboxylic acids is 1. The molecule has 0 aliphatic heterocycles. The Morgan fingerprint density at radius 2 is 1.93 bits per heavy atom. The summed E-state index contributed by atoms with van der Waals surface area (Å²) in [6, 6.07) is 10.8. The fraction of sp³-hybridized carbons (Fsp3) is 0.250. The summed E-state index contributed by atoms with van der Waals surface area (Å²) in [5.41, 5.74) is 6.33. The van der Waals surface area contributed by atoms with Crippen LogP contribution < -0.4 is 14.9 Å². The minimum Gasteiger partial charge on any atom is -0.493 e. The molecule has 27 heavy (non-hydrogen) atoms. The second-order valence-electron chi connectivity index (χ2n) is 5.99. The molecule has 0 radical (unpaired) electrons. The van der Waals surface area contributed by atoms with E-state index in [4.69, 9.17) is 14.6 Å². The molecule has 0 unspecified atom stereocenters. The van der Waals surface area contributed by atoms with Gasteiger partial charge in [0.25, 0.3) is 0 Å². The van der Waals surface area contributed by atoms with Gasteiger partial charge in [0.2, 0.25) is 5.91 Å². The molecular formula is C20H22N2O5. The van der Waals surface area contributed by atoms with E-state index in [1.165, 1.54) is 13.3 Å². The Labute approximate surface area is 157 Å². The van der Waals surface area contributed by atoms with E-state index in [-0.39, 0.29) is 12.3 Å². The molecule has 0 atom stereocenters. The molecule has 0 spiro atoms. The number of methoxy groups -OCH3 is 1. The maximum absolute atomic E-state index is 12.0. The Morgan fingerprint density at radius 1 is 1.15 bits per heavy atom. The van der Waals surface area contributed by atoms with Gasteiger partial charge in [-0.3, -0.25) is 4.79 Å². The largest absolute Gasteiger partial charge is 0.493 e. The van der Waals surface area contributed by atoms with Crippen LogP contribution >= 0.6 is 0 Å². The van der Waals surface area contributed by atoms with E-state index < -0.39 is 12.6 Å². The van der Waals surface area contributed by atoms with Crippen LogP contribution in [0.3, 0.4) is 0 Å². The molecule has 0 saturated carbocycles. The van der Waals surface area contributed by atoms with Crippen LogP contribution in [0.25, 0.3) is 0 Å². The molecule has 7 nitrogen and oxygen atoms in total. The third-order valence-electron chi connectivity index (χ3n) is 3.79. The van der Waals surface area contributed by atoms with Crippen LogP contribution in [0, 0.1) is 13.8 Å². The number of ether oxygens (including phenoxy) is 2. The number of hydrazone groups is 1. The summed E-state index contributed by atoms with van der Waals surface area (Å²) in [6.07, 6.45) is 1.72. The summed E-state index contributed by atoms with van der Waals surface area (Å²) in [6.45, 7) is 3.52. The van der Waals surface area contributed by atoms with E-state index in [0.29, 0.717) is 17.1 Å². The van der Waals surface area contributed by atoms with Crippen molar-refractivity contribution in [2.75, 3.05) is 13.7 Å². The number of carbonyl (C=O) groups is 2. The summed E-state index contributed by atoms with van der Waals surface area (Å²) < 4.78 is 10.3. The minimum atomic E-state index is -1.07. The highest BCUT2D eigenvalue weighted by molar-refractivity contribution is 5.84. The van der Waals surface area contributed by atoms with Gasteiger partial charge in [-0.15, -0.1) is 0 Å². The van der Waals surface area contributed by atoms with Crippen LogP contribution in [0.4, 0.5) is 0 Å². The number of hydrogen-bond acceptors (Lipinski definition) is 5. The second kappa shape index (κ2) is 9.38. The topological polar surface area (TPSA) is 97.2 Å². The van der Waals surface area contributed by atoms with E-state index in [1.54, 1.807) is 18.2 Å². The normalized spacial score (nSPS) is 10.6. The van der Waals surface area contributed by atoms with Gasteiger partial charge in [-0.25, -0.2) is 10.2 Å². The summed E-state index contributed by atoms with van der Waals surface area (Å²) >= 11 is 0. The van der Waals surface area contributed by atoms with E-state index in [1.807, 2.05) is 32.0 Å². The van der Waals surface area contributed by atoms with Crippen LogP contribution in [0.1, 0.15) is 22.3 Å². The lowest BCUT2D eigenvalue weighted by Gasteiger charge is -2.09. The molecule has 0 aromatic heterocycles.